The van der Waals surface area contributed by atoms with Crippen molar-refractivity contribution in [3.8, 4) is 23.0 Å². The first-order valence-corrected chi connectivity index (χ1v) is 15.3. The number of fused-ring (bicyclic) bond motifs is 2. The first-order valence-electron chi connectivity index (χ1n) is 15.3. The van der Waals surface area contributed by atoms with Gasteiger partial charge in [0.15, 0.2) is 23.0 Å². The van der Waals surface area contributed by atoms with E-state index in [1.807, 2.05) is 60.7 Å². The van der Waals surface area contributed by atoms with Crippen LogP contribution in [0.15, 0.2) is 85.5 Å². The van der Waals surface area contributed by atoms with Gasteiger partial charge in [0.1, 0.15) is 5.78 Å². The molecular formula is C35H40N2O5. The fraction of sp³-hybridized carbons (Fsp3) is 0.400. The highest BCUT2D eigenvalue weighted by Gasteiger charge is 2.37. The molecule has 0 spiro atoms. The molecule has 6 rings (SSSR count). The number of benzene rings is 2. The Hall–Kier alpha value is -4.13. The largest absolute Gasteiger partial charge is 0.490 e. The molecule has 0 saturated heterocycles. The number of aryl methyl sites for hydroxylation is 2. The summed E-state index contributed by atoms with van der Waals surface area (Å²) >= 11 is 0. The number of carbonyl (C=O) groups excluding carboxylic acids is 1. The Morgan fingerprint density at radius 2 is 1.10 bits per heavy atom. The number of ketones is 1. The zero-order valence-corrected chi connectivity index (χ0v) is 24.2. The van der Waals surface area contributed by atoms with E-state index in [9.17, 15) is 4.79 Å². The van der Waals surface area contributed by atoms with Crippen molar-refractivity contribution < 1.29 is 23.7 Å². The molecule has 2 aliphatic heterocycles. The van der Waals surface area contributed by atoms with Gasteiger partial charge in [0.05, 0.1) is 38.3 Å². The second-order valence-electron chi connectivity index (χ2n) is 11.1. The van der Waals surface area contributed by atoms with Crippen LogP contribution in [0.25, 0.3) is 0 Å². The Balaban J connectivity index is 1.08. The number of carbonyl (C=O) groups is 1. The van der Waals surface area contributed by atoms with Gasteiger partial charge in [0.25, 0.3) is 0 Å². The van der Waals surface area contributed by atoms with Crippen molar-refractivity contribution >= 4 is 5.78 Å². The van der Waals surface area contributed by atoms with Gasteiger partial charge in [0.2, 0.25) is 0 Å². The molecule has 0 aliphatic carbocycles. The van der Waals surface area contributed by atoms with Crippen LogP contribution in [-0.4, -0.2) is 41.3 Å². The highest BCUT2D eigenvalue weighted by Crippen LogP contribution is 2.47. The standard InChI is InChI=1S/C35H40N2O5/c38-33(27-15-25-41-34-29(27)11-9-13-31(34)39-23-7-5-21-36-17-1-2-18-36)28-16-26-42-35-30(28)12-10-14-32(35)40-24-8-6-22-37-19-3-4-20-37/h1-4,9-14,17-20,27-28H,5-8,15-16,21-26H2. The molecule has 2 atom stereocenters. The molecule has 0 bridgehead atoms. The summed E-state index contributed by atoms with van der Waals surface area (Å²) in [7, 11) is 0. The fourth-order valence-corrected chi connectivity index (χ4v) is 6.05. The Morgan fingerprint density at radius 3 is 1.55 bits per heavy atom. The zero-order chi connectivity index (χ0) is 28.6. The second-order valence-corrected chi connectivity index (χ2v) is 11.1. The maximum absolute atomic E-state index is 14.1. The van der Waals surface area contributed by atoms with Gasteiger partial charge in [-0.3, -0.25) is 4.79 Å². The first-order chi connectivity index (χ1) is 20.8. The molecule has 0 amide bonds. The summed E-state index contributed by atoms with van der Waals surface area (Å²) in [5.74, 6) is 2.64. The first kappa shape index (κ1) is 28.0. The molecule has 2 aromatic heterocycles. The zero-order valence-electron chi connectivity index (χ0n) is 24.2. The van der Waals surface area contributed by atoms with Crippen molar-refractivity contribution in [2.24, 2.45) is 0 Å². The number of hydrogen-bond donors (Lipinski definition) is 0. The Bertz CT molecular complexity index is 1320. The van der Waals surface area contributed by atoms with E-state index in [-0.39, 0.29) is 17.6 Å². The highest BCUT2D eigenvalue weighted by atomic mass is 16.5. The van der Waals surface area contributed by atoms with Crippen LogP contribution in [0.1, 0.15) is 61.5 Å². The molecule has 4 aromatic rings. The van der Waals surface area contributed by atoms with Gasteiger partial charge >= 0.3 is 0 Å². The van der Waals surface area contributed by atoms with Crippen molar-refractivity contribution in [3.63, 3.8) is 0 Å². The van der Waals surface area contributed by atoms with Gasteiger partial charge in [-0.1, -0.05) is 24.3 Å². The second kappa shape index (κ2) is 13.7. The van der Waals surface area contributed by atoms with Gasteiger partial charge < -0.3 is 28.1 Å². The number of ether oxygens (including phenoxy) is 4. The minimum Gasteiger partial charge on any atom is -0.490 e. The number of Topliss-reactive ketones (excluding diaryl/α,β-unsaturated/α-hetero) is 1. The Labute approximate surface area is 248 Å². The molecular weight excluding hydrogens is 528 g/mol. The number of nitrogens with zero attached hydrogens (tertiary/aromatic N) is 2. The van der Waals surface area contributed by atoms with E-state index in [2.05, 4.69) is 33.9 Å². The van der Waals surface area contributed by atoms with Crippen LogP contribution in [0.2, 0.25) is 0 Å². The summed E-state index contributed by atoms with van der Waals surface area (Å²) in [5, 5.41) is 0. The maximum Gasteiger partial charge on any atom is 0.165 e. The van der Waals surface area contributed by atoms with Gasteiger partial charge in [-0.25, -0.2) is 0 Å². The van der Waals surface area contributed by atoms with Crippen LogP contribution in [0.5, 0.6) is 23.0 Å². The van der Waals surface area contributed by atoms with Crippen molar-refractivity contribution in [2.45, 2.75) is 63.5 Å². The van der Waals surface area contributed by atoms with E-state index >= 15 is 0 Å². The van der Waals surface area contributed by atoms with E-state index < -0.39 is 0 Å². The van der Waals surface area contributed by atoms with E-state index in [4.69, 9.17) is 18.9 Å². The van der Waals surface area contributed by atoms with Crippen molar-refractivity contribution in [1.29, 1.82) is 0 Å². The molecule has 2 aliphatic rings. The molecule has 2 unspecified atom stereocenters. The topological polar surface area (TPSA) is 63.9 Å². The van der Waals surface area contributed by atoms with Gasteiger partial charge in [-0.15, -0.1) is 0 Å². The van der Waals surface area contributed by atoms with Crippen LogP contribution in [0.4, 0.5) is 0 Å². The van der Waals surface area contributed by atoms with Gasteiger partial charge in [-0.2, -0.15) is 0 Å². The molecule has 0 radical (unpaired) electrons. The summed E-state index contributed by atoms with van der Waals surface area (Å²) < 4.78 is 28.9. The predicted octanol–water partition coefficient (Wildman–Crippen LogP) is 7.01. The lowest BCUT2D eigenvalue weighted by Crippen LogP contribution is -2.29. The summed E-state index contributed by atoms with van der Waals surface area (Å²) in [5.41, 5.74) is 1.86. The highest BCUT2D eigenvalue weighted by molar-refractivity contribution is 5.93. The molecule has 0 saturated carbocycles. The summed E-state index contributed by atoms with van der Waals surface area (Å²) in [6.07, 6.45) is 13.6. The van der Waals surface area contributed by atoms with Gasteiger partial charge in [-0.05, 0) is 74.9 Å². The average Bonchev–Trinajstić information content (AvgIpc) is 3.75. The lowest BCUT2D eigenvalue weighted by molar-refractivity contribution is -0.123. The predicted molar refractivity (Wildman–Crippen MR) is 162 cm³/mol. The number of unbranched alkanes of at least 4 members (excludes halogenated alkanes) is 2. The number of rotatable bonds is 14. The maximum atomic E-state index is 14.1. The molecule has 4 heterocycles. The monoisotopic (exact) mass is 568 g/mol. The molecule has 7 nitrogen and oxygen atoms in total. The van der Waals surface area contributed by atoms with Crippen molar-refractivity contribution in [1.82, 2.24) is 9.13 Å². The molecule has 42 heavy (non-hydrogen) atoms. The smallest absolute Gasteiger partial charge is 0.165 e. The lowest BCUT2D eigenvalue weighted by Gasteiger charge is -2.32. The summed E-state index contributed by atoms with van der Waals surface area (Å²) in [4.78, 5) is 14.1. The third-order valence-electron chi connectivity index (χ3n) is 8.23. The fourth-order valence-electron chi connectivity index (χ4n) is 6.05. The average molecular weight is 569 g/mol. The van der Waals surface area contributed by atoms with Crippen LogP contribution >= 0.6 is 0 Å². The Kier molecular flexibility index (Phi) is 9.13. The summed E-state index contributed by atoms with van der Waals surface area (Å²) in [6, 6.07) is 20.1. The van der Waals surface area contributed by atoms with E-state index in [0.717, 1.165) is 72.9 Å². The van der Waals surface area contributed by atoms with E-state index in [1.54, 1.807) is 0 Å². The van der Waals surface area contributed by atoms with Gasteiger partial charge in [0, 0.05) is 49.0 Å². The molecule has 7 heteroatoms. The molecule has 2 aromatic carbocycles. The van der Waals surface area contributed by atoms with Crippen LogP contribution in [0.3, 0.4) is 0 Å². The van der Waals surface area contributed by atoms with Crippen LogP contribution < -0.4 is 18.9 Å². The summed E-state index contributed by atoms with van der Waals surface area (Å²) in [6.45, 7) is 4.18. The minimum atomic E-state index is -0.236. The van der Waals surface area contributed by atoms with Crippen LogP contribution in [0, 0.1) is 0 Å². The molecule has 0 fully saturated rings. The van der Waals surface area contributed by atoms with E-state index in [0.29, 0.717) is 39.3 Å². The third-order valence-corrected chi connectivity index (χ3v) is 8.23. The number of hydrogen-bond acceptors (Lipinski definition) is 5. The third kappa shape index (κ3) is 6.51. The molecule has 220 valence electrons. The van der Waals surface area contributed by atoms with Crippen molar-refractivity contribution in [2.75, 3.05) is 26.4 Å². The Morgan fingerprint density at radius 1 is 0.643 bits per heavy atom. The molecule has 0 N–H and O–H groups in total. The van der Waals surface area contributed by atoms with Crippen LogP contribution in [-0.2, 0) is 17.9 Å². The van der Waals surface area contributed by atoms with Crippen molar-refractivity contribution in [3.05, 3.63) is 96.6 Å². The lowest BCUT2D eigenvalue weighted by atomic mass is 9.78. The number of aromatic nitrogens is 2. The minimum absolute atomic E-state index is 0.219. The SMILES string of the molecule is O=C(C1CCOc2c(OCCCCn3cccc3)cccc21)C1CCOc2c(OCCCCn3cccc3)cccc21. The van der Waals surface area contributed by atoms with E-state index in [1.165, 1.54) is 0 Å². The quantitative estimate of drug-likeness (QED) is 0.153. The normalized spacial score (nSPS) is 17.4. The number of para-hydroxylation sites is 2.